The normalized spacial score (nSPS) is 16.7. The topological polar surface area (TPSA) is 61.8 Å². The molecule has 0 aromatic rings. The highest BCUT2D eigenvalue weighted by Gasteiger charge is 2.44. The summed E-state index contributed by atoms with van der Waals surface area (Å²) in [6.07, 6.45) is -2.02. The largest absolute Gasteiger partial charge is 0.409 e. The van der Waals surface area contributed by atoms with Crippen LogP contribution < -0.4 is 5.73 Å². The lowest BCUT2D eigenvalue weighted by Crippen LogP contribution is -2.47. The van der Waals surface area contributed by atoms with Crippen molar-refractivity contribution < 1.29 is 18.4 Å². The van der Waals surface area contributed by atoms with Gasteiger partial charge in [-0.15, -0.1) is 0 Å². The van der Waals surface area contributed by atoms with Gasteiger partial charge in [-0.05, 0) is 26.3 Å². The Hall–Kier alpha value is -0.980. The highest BCUT2D eigenvalue weighted by molar-refractivity contribution is 5.83. The van der Waals surface area contributed by atoms with Gasteiger partial charge in [-0.1, -0.05) is 25.4 Å². The van der Waals surface area contributed by atoms with Crippen LogP contribution in [0.1, 0.15) is 40.0 Å². The molecule has 3 N–H and O–H groups in total. The van der Waals surface area contributed by atoms with E-state index in [1.165, 1.54) is 0 Å². The van der Waals surface area contributed by atoms with Crippen LogP contribution in [-0.4, -0.2) is 41.3 Å². The number of hydrogen-bond acceptors (Lipinski definition) is 3. The van der Waals surface area contributed by atoms with E-state index in [1.54, 1.807) is 4.90 Å². The van der Waals surface area contributed by atoms with Crippen molar-refractivity contribution in [3.8, 4) is 0 Å². The van der Waals surface area contributed by atoms with E-state index in [-0.39, 0.29) is 12.6 Å². The maximum Gasteiger partial charge on any atom is 0.400 e. The van der Waals surface area contributed by atoms with E-state index in [0.717, 1.165) is 19.3 Å². The minimum Gasteiger partial charge on any atom is -0.409 e. The first-order valence-corrected chi connectivity index (χ1v) is 6.56. The number of hydrogen-bond donors (Lipinski definition) is 2. The Bertz CT molecular complexity index is 282. The van der Waals surface area contributed by atoms with Crippen LogP contribution in [0.5, 0.6) is 0 Å². The Labute approximate surface area is 112 Å². The number of rotatable bonds is 8. The second-order valence-electron chi connectivity index (χ2n) is 4.72. The quantitative estimate of drug-likeness (QED) is 0.312. The fourth-order valence-corrected chi connectivity index (χ4v) is 1.78. The number of nitrogens with zero attached hydrogens (tertiary/aromatic N) is 2. The first kappa shape index (κ1) is 18.0. The molecule has 0 fully saturated rings. The van der Waals surface area contributed by atoms with Crippen molar-refractivity contribution in [3.05, 3.63) is 0 Å². The zero-order valence-corrected chi connectivity index (χ0v) is 11.7. The van der Waals surface area contributed by atoms with Crippen molar-refractivity contribution in [2.24, 2.45) is 16.8 Å². The summed E-state index contributed by atoms with van der Waals surface area (Å²) in [5.41, 5.74) is 5.18. The minimum atomic E-state index is -4.51. The van der Waals surface area contributed by atoms with Gasteiger partial charge >= 0.3 is 6.18 Å². The third-order valence-electron chi connectivity index (χ3n) is 3.30. The standard InChI is InChI=1S/C12H24F3N3O/c1-4-6-7-18(9(3)5-2)8-10(11(16)17-19)12(13,14)15/h9-10,19H,4-8H2,1-3H3,(H2,16,17). The van der Waals surface area contributed by atoms with Crippen molar-refractivity contribution >= 4 is 5.84 Å². The molecule has 0 spiro atoms. The van der Waals surface area contributed by atoms with Gasteiger partial charge in [0, 0.05) is 12.6 Å². The molecule has 0 saturated carbocycles. The average Bonchev–Trinajstić information content (AvgIpc) is 2.35. The van der Waals surface area contributed by atoms with Crippen LogP contribution in [-0.2, 0) is 0 Å². The number of oxime groups is 1. The number of nitrogens with two attached hydrogens (primary N) is 1. The number of halogens is 3. The molecule has 19 heavy (non-hydrogen) atoms. The van der Waals surface area contributed by atoms with E-state index >= 15 is 0 Å². The second-order valence-corrected chi connectivity index (χ2v) is 4.72. The molecule has 2 atom stereocenters. The summed E-state index contributed by atoms with van der Waals surface area (Å²) in [5, 5.41) is 11.0. The first-order chi connectivity index (χ1) is 8.77. The summed E-state index contributed by atoms with van der Waals surface area (Å²) in [7, 11) is 0. The predicted molar refractivity (Wildman–Crippen MR) is 69.2 cm³/mol. The summed E-state index contributed by atoms with van der Waals surface area (Å²) >= 11 is 0. The van der Waals surface area contributed by atoms with Crippen LogP contribution in [0.3, 0.4) is 0 Å². The van der Waals surface area contributed by atoms with E-state index in [4.69, 9.17) is 10.9 Å². The molecule has 0 aromatic heterocycles. The van der Waals surface area contributed by atoms with Crippen LogP contribution >= 0.6 is 0 Å². The number of amidine groups is 1. The van der Waals surface area contributed by atoms with Gasteiger partial charge in [-0.3, -0.25) is 4.90 Å². The van der Waals surface area contributed by atoms with E-state index in [0.29, 0.717) is 6.54 Å². The second kappa shape index (κ2) is 8.24. The van der Waals surface area contributed by atoms with Gasteiger partial charge in [-0.25, -0.2) is 0 Å². The third-order valence-corrected chi connectivity index (χ3v) is 3.30. The molecule has 0 amide bonds. The van der Waals surface area contributed by atoms with Crippen molar-refractivity contribution in [1.82, 2.24) is 4.90 Å². The zero-order valence-electron chi connectivity index (χ0n) is 11.7. The molecular formula is C12H24F3N3O. The van der Waals surface area contributed by atoms with Gasteiger partial charge in [0.2, 0.25) is 0 Å². The molecule has 0 bridgehead atoms. The SMILES string of the molecule is CCCCN(CC(C(N)=NO)C(F)(F)F)C(C)CC. The lowest BCUT2D eigenvalue weighted by Gasteiger charge is -2.32. The van der Waals surface area contributed by atoms with Crippen molar-refractivity contribution in [3.63, 3.8) is 0 Å². The van der Waals surface area contributed by atoms with Gasteiger partial charge < -0.3 is 10.9 Å². The smallest absolute Gasteiger partial charge is 0.400 e. The van der Waals surface area contributed by atoms with E-state index in [2.05, 4.69) is 5.16 Å². The summed E-state index contributed by atoms with van der Waals surface area (Å²) in [6.45, 7) is 6.11. The zero-order chi connectivity index (χ0) is 15.1. The summed E-state index contributed by atoms with van der Waals surface area (Å²) in [6, 6.07) is 0.0305. The van der Waals surface area contributed by atoms with Crippen LogP contribution in [0.25, 0.3) is 0 Å². The predicted octanol–water partition coefficient (Wildman–Crippen LogP) is 2.81. The Balaban J connectivity index is 4.92. The molecule has 2 unspecified atom stereocenters. The van der Waals surface area contributed by atoms with E-state index in [1.807, 2.05) is 20.8 Å². The van der Waals surface area contributed by atoms with Gasteiger partial charge in [0.15, 0.2) is 5.84 Å². The van der Waals surface area contributed by atoms with Gasteiger partial charge in [0.05, 0.1) is 0 Å². The molecule has 0 saturated heterocycles. The molecule has 0 heterocycles. The summed E-state index contributed by atoms with van der Waals surface area (Å²) < 4.78 is 38.7. The third kappa shape index (κ3) is 6.13. The molecule has 114 valence electrons. The fourth-order valence-electron chi connectivity index (χ4n) is 1.78. The van der Waals surface area contributed by atoms with Crippen molar-refractivity contribution in [1.29, 1.82) is 0 Å². The Morgan fingerprint density at radius 3 is 2.32 bits per heavy atom. The summed E-state index contributed by atoms with van der Waals surface area (Å²) in [4.78, 5) is 1.75. The monoisotopic (exact) mass is 283 g/mol. The molecule has 0 aliphatic rings. The number of alkyl halides is 3. The van der Waals surface area contributed by atoms with Gasteiger partial charge in [-0.2, -0.15) is 13.2 Å². The molecule has 0 aliphatic heterocycles. The van der Waals surface area contributed by atoms with Gasteiger partial charge in [0.25, 0.3) is 0 Å². The molecule has 0 radical (unpaired) electrons. The number of unbranched alkanes of at least 4 members (excludes halogenated alkanes) is 1. The highest BCUT2D eigenvalue weighted by atomic mass is 19.4. The fraction of sp³-hybridized carbons (Fsp3) is 0.917. The molecular weight excluding hydrogens is 259 g/mol. The Morgan fingerprint density at radius 1 is 1.37 bits per heavy atom. The molecule has 7 heteroatoms. The van der Waals surface area contributed by atoms with E-state index < -0.39 is 17.9 Å². The van der Waals surface area contributed by atoms with E-state index in [9.17, 15) is 13.2 Å². The maximum absolute atomic E-state index is 12.9. The average molecular weight is 283 g/mol. The van der Waals surface area contributed by atoms with Gasteiger partial charge in [0.1, 0.15) is 5.92 Å². The molecule has 0 rings (SSSR count). The Kier molecular flexibility index (Phi) is 7.82. The maximum atomic E-state index is 12.9. The van der Waals surface area contributed by atoms with Crippen molar-refractivity contribution in [2.45, 2.75) is 52.3 Å². The molecule has 0 aliphatic carbocycles. The van der Waals surface area contributed by atoms with Crippen LogP contribution in [0, 0.1) is 5.92 Å². The van der Waals surface area contributed by atoms with Crippen LogP contribution in [0.2, 0.25) is 0 Å². The summed E-state index contributed by atoms with van der Waals surface area (Å²) in [5.74, 6) is -2.71. The van der Waals surface area contributed by atoms with Crippen LogP contribution in [0.15, 0.2) is 5.16 Å². The lowest BCUT2D eigenvalue weighted by atomic mass is 10.1. The Morgan fingerprint density at radius 2 is 1.95 bits per heavy atom. The molecule has 4 nitrogen and oxygen atoms in total. The minimum absolute atomic E-state index is 0.0305. The van der Waals surface area contributed by atoms with Crippen LogP contribution in [0.4, 0.5) is 13.2 Å². The van der Waals surface area contributed by atoms with Crippen molar-refractivity contribution in [2.75, 3.05) is 13.1 Å². The first-order valence-electron chi connectivity index (χ1n) is 6.56. The lowest BCUT2D eigenvalue weighted by molar-refractivity contribution is -0.161. The highest BCUT2D eigenvalue weighted by Crippen LogP contribution is 2.28. The molecule has 0 aromatic carbocycles.